The number of nitrogens with zero attached hydrogens (tertiary/aromatic N) is 3. The standard InChI is InChI=1S/C15H13N5OS/c1-22-15(19-11-5-3-2-4-6-11)12(9-16)14(21)20-13-10-17-7-8-18-13/h2-8,10,19H,1H3,(H,18,20,21). The van der Waals surface area contributed by atoms with Gasteiger partial charge in [-0.2, -0.15) is 5.26 Å². The van der Waals surface area contributed by atoms with E-state index in [4.69, 9.17) is 0 Å². The molecule has 1 aromatic heterocycles. The van der Waals surface area contributed by atoms with Crippen molar-refractivity contribution in [2.75, 3.05) is 16.9 Å². The molecule has 6 nitrogen and oxygen atoms in total. The van der Waals surface area contributed by atoms with Gasteiger partial charge in [0.1, 0.15) is 11.6 Å². The molecule has 0 radical (unpaired) electrons. The van der Waals surface area contributed by atoms with Crippen molar-refractivity contribution >= 4 is 29.2 Å². The monoisotopic (exact) mass is 311 g/mol. The third kappa shape index (κ3) is 4.07. The molecule has 22 heavy (non-hydrogen) atoms. The fourth-order valence-electron chi connectivity index (χ4n) is 1.62. The van der Waals surface area contributed by atoms with E-state index in [1.54, 1.807) is 6.26 Å². The van der Waals surface area contributed by atoms with E-state index in [0.29, 0.717) is 10.8 Å². The molecule has 7 heteroatoms. The molecule has 1 heterocycles. The quantitative estimate of drug-likeness (QED) is 0.651. The van der Waals surface area contributed by atoms with E-state index in [9.17, 15) is 10.1 Å². The number of para-hydroxylation sites is 1. The molecule has 110 valence electrons. The maximum atomic E-state index is 12.2. The predicted molar refractivity (Wildman–Crippen MR) is 86.9 cm³/mol. The summed E-state index contributed by atoms with van der Waals surface area (Å²) >= 11 is 1.29. The normalized spacial score (nSPS) is 11.1. The maximum Gasteiger partial charge on any atom is 0.270 e. The first-order valence-electron chi connectivity index (χ1n) is 6.32. The van der Waals surface area contributed by atoms with E-state index in [1.807, 2.05) is 36.4 Å². The Kier molecular flexibility index (Phi) is 5.51. The van der Waals surface area contributed by atoms with E-state index >= 15 is 0 Å². The summed E-state index contributed by atoms with van der Waals surface area (Å²) in [4.78, 5) is 20.0. The third-order valence-electron chi connectivity index (χ3n) is 2.61. The number of benzene rings is 1. The highest BCUT2D eigenvalue weighted by molar-refractivity contribution is 8.02. The van der Waals surface area contributed by atoms with Gasteiger partial charge in [-0.25, -0.2) is 4.98 Å². The van der Waals surface area contributed by atoms with Gasteiger partial charge in [-0.1, -0.05) is 18.2 Å². The lowest BCUT2D eigenvalue weighted by Crippen LogP contribution is -2.17. The topological polar surface area (TPSA) is 90.7 Å². The number of aromatic nitrogens is 2. The summed E-state index contributed by atoms with van der Waals surface area (Å²) in [5.74, 6) is -0.240. The molecule has 2 aromatic rings. The van der Waals surface area contributed by atoms with Gasteiger partial charge >= 0.3 is 0 Å². The maximum absolute atomic E-state index is 12.2. The zero-order chi connectivity index (χ0) is 15.8. The fraction of sp³-hybridized carbons (Fsp3) is 0.0667. The van der Waals surface area contributed by atoms with Gasteiger partial charge in [0.25, 0.3) is 5.91 Å². The van der Waals surface area contributed by atoms with Crippen LogP contribution in [0, 0.1) is 11.3 Å². The van der Waals surface area contributed by atoms with Gasteiger partial charge in [-0.3, -0.25) is 9.78 Å². The molecule has 0 saturated heterocycles. The molecule has 2 rings (SSSR count). The molecule has 0 aliphatic carbocycles. The predicted octanol–water partition coefficient (Wildman–Crippen LogP) is 2.63. The number of carbonyl (C=O) groups excluding carboxylic acids is 1. The minimum absolute atomic E-state index is 0.0120. The Morgan fingerprint density at radius 3 is 2.59 bits per heavy atom. The summed E-state index contributed by atoms with van der Waals surface area (Å²) < 4.78 is 0. The third-order valence-corrected chi connectivity index (χ3v) is 3.32. The minimum Gasteiger partial charge on any atom is -0.349 e. The SMILES string of the molecule is CSC(Nc1ccccc1)=C(C#N)C(=O)Nc1cnccn1. The molecule has 1 aromatic carbocycles. The first-order chi connectivity index (χ1) is 10.7. The molecule has 0 bridgehead atoms. The van der Waals surface area contributed by atoms with Crippen molar-refractivity contribution in [1.29, 1.82) is 5.26 Å². The van der Waals surface area contributed by atoms with Gasteiger partial charge < -0.3 is 10.6 Å². The van der Waals surface area contributed by atoms with Crippen LogP contribution in [-0.2, 0) is 4.79 Å². The van der Waals surface area contributed by atoms with Crippen LogP contribution in [-0.4, -0.2) is 22.1 Å². The Bertz CT molecular complexity index is 710. The van der Waals surface area contributed by atoms with Crippen LogP contribution in [0.3, 0.4) is 0 Å². The fourth-order valence-corrected chi connectivity index (χ4v) is 2.18. The lowest BCUT2D eigenvalue weighted by Gasteiger charge is -2.11. The zero-order valence-electron chi connectivity index (χ0n) is 11.8. The molecule has 0 aliphatic rings. The van der Waals surface area contributed by atoms with Gasteiger partial charge in [0.05, 0.1) is 11.2 Å². The zero-order valence-corrected chi connectivity index (χ0v) is 12.6. The highest BCUT2D eigenvalue weighted by Crippen LogP contribution is 2.21. The smallest absolute Gasteiger partial charge is 0.270 e. The number of nitrogens with one attached hydrogen (secondary N) is 2. The first-order valence-corrected chi connectivity index (χ1v) is 7.55. The summed E-state index contributed by atoms with van der Waals surface area (Å²) in [7, 11) is 0. The van der Waals surface area contributed by atoms with Gasteiger partial charge in [0.2, 0.25) is 0 Å². The summed E-state index contributed by atoms with van der Waals surface area (Å²) in [6, 6.07) is 11.3. The molecule has 2 N–H and O–H groups in total. The van der Waals surface area contributed by atoms with Crippen molar-refractivity contribution in [2.24, 2.45) is 0 Å². The molecule has 0 saturated carbocycles. The summed E-state index contributed by atoms with van der Waals surface area (Å²) in [6.45, 7) is 0. The number of carbonyl (C=O) groups is 1. The average Bonchev–Trinajstić information content (AvgIpc) is 2.56. The van der Waals surface area contributed by atoms with Crippen LogP contribution < -0.4 is 10.6 Å². The van der Waals surface area contributed by atoms with E-state index in [2.05, 4.69) is 20.6 Å². The lowest BCUT2D eigenvalue weighted by molar-refractivity contribution is -0.112. The highest BCUT2D eigenvalue weighted by atomic mass is 32.2. The van der Waals surface area contributed by atoms with E-state index in [1.165, 1.54) is 30.4 Å². The van der Waals surface area contributed by atoms with E-state index < -0.39 is 5.91 Å². The Balaban J connectivity index is 2.22. The molecule has 0 spiro atoms. The number of amides is 1. The van der Waals surface area contributed by atoms with Crippen LogP contribution >= 0.6 is 11.8 Å². The Morgan fingerprint density at radius 1 is 1.23 bits per heavy atom. The molecule has 0 aliphatic heterocycles. The van der Waals surface area contributed by atoms with Crippen LogP contribution in [0.2, 0.25) is 0 Å². The molecule has 1 amide bonds. The van der Waals surface area contributed by atoms with Crippen LogP contribution in [0.15, 0.2) is 59.5 Å². The van der Waals surface area contributed by atoms with Gasteiger partial charge in [0.15, 0.2) is 5.82 Å². The Hall–Kier alpha value is -2.85. The highest BCUT2D eigenvalue weighted by Gasteiger charge is 2.16. The van der Waals surface area contributed by atoms with Crippen molar-refractivity contribution in [2.45, 2.75) is 0 Å². The average molecular weight is 311 g/mol. The second-order valence-electron chi connectivity index (χ2n) is 4.06. The lowest BCUT2D eigenvalue weighted by atomic mass is 10.2. The number of rotatable bonds is 5. The molecule has 0 atom stereocenters. The first kappa shape index (κ1) is 15.5. The number of hydrogen-bond acceptors (Lipinski definition) is 6. The van der Waals surface area contributed by atoms with Crippen LogP contribution in [0.1, 0.15) is 0 Å². The van der Waals surface area contributed by atoms with Gasteiger partial charge in [-0.05, 0) is 18.4 Å². The molecular weight excluding hydrogens is 298 g/mol. The van der Waals surface area contributed by atoms with Gasteiger partial charge in [0, 0.05) is 18.1 Å². The van der Waals surface area contributed by atoms with E-state index in [-0.39, 0.29) is 5.57 Å². The number of thioether (sulfide) groups is 1. The number of anilines is 2. The summed E-state index contributed by atoms with van der Waals surface area (Å²) in [5, 5.41) is 15.4. The largest absolute Gasteiger partial charge is 0.349 e. The second kappa shape index (κ2) is 7.81. The van der Waals surface area contributed by atoms with Gasteiger partial charge in [-0.15, -0.1) is 11.8 Å². The number of hydrogen-bond donors (Lipinski definition) is 2. The van der Waals surface area contributed by atoms with Crippen LogP contribution in [0.4, 0.5) is 11.5 Å². The van der Waals surface area contributed by atoms with Crippen molar-refractivity contribution < 1.29 is 4.79 Å². The van der Waals surface area contributed by atoms with E-state index in [0.717, 1.165) is 5.69 Å². The summed E-state index contributed by atoms with van der Waals surface area (Å²) in [5.41, 5.74) is 0.786. The van der Waals surface area contributed by atoms with Crippen molar-refractivity contribution in [3.8, 4) is 6.07 Å². The number of nitriles is 1. The Morgan fingerprint density at radius 2 is 2.00 bits per heavy atom. The van der Waals surface area contributed by atoms with Crippen molar-refractivity contribution in [1.82, 2.24) is 9.97 Å². The van der Waals surface area contributed by atoms with Crippen molar-refractivity contribution in [3.63, 3.8) is 0 Å². The van der Waals surface area contributed by atoms with Crippen LogP contribution in [0.5, 0.6) is 0 Å². The molecule has 0 unspecified atom stereocenters. The minimum atomic E-state index is -0.532. The van der Waals surface area contributed by atoms with Crippen molar-refractivity contribution in [3.05, 3.63) is 59.5 Å². The second-order valence-corrected chi connectivity index (χ2v) is 4.87. The van der Waals surface area contributed by atoms with Crippen LogP contribution in [0.25, 0.3) is 0 Å². The summed E-state index contributed by atoms with van der Waals surface area (Å²) in [6.07, 6.45) is 6.17. The Labute approximate surface area is 132 Å². The molecule has 0 fully saturated rings. The molecular formula is C15H13N5OS.